The predicted molar refractivity (Wildman–Crippen MR) is 270 cm³/mol. The van der Waals surface area contributed by atoms with E-state index in [1.54, 1.807) is 0 Å². The SMILES string of the molecule is Cc1ccc(Cc2ccc(COC(=O)c3cc4ccccc4c(-c4c(OPOc5cc(C)ccc5C(C)C)ccc5ccccc45)c3OPOc3cc(C)ccc3C(C)C)cc2)cc1.O. The van der Waals surface area contributed by atoms with Crippen LogP contribution in [-0.4, -0.2) is 11.4 Å². The first kappa shape index (κ1) is 46.8. The summed E-state index contributed by atoms with van der Waals surface area (Å²) in [5, 5.41) is 3.66. The lowest BCUT2D eigenvalue weighted by Gasteiger charge is -2.22. The van der Waals surface area contributed by atoms with Crippen LogP contribution in [0.3, 0.4) is 0 Å². The molecule has 332 valence electrons. The number of aryl methyl sites for hydroxylation is 3. The molecular weight excluding hydrogens is 847 g/mol. The van der Waals surface area contributed by atoms with Crippen molar-refractivity contribution >= 4 is 45.6 Å². The number of hydrogen-bond donors (Lipinski definition) is 0. The second-order valence-corrected chi connectivity index (χ2v) is 18.2. The predicted octanol–water partition coefficient (Wildman–Crippen LogP) is 14.9. The Bertz CT molecular complexity index is 2930. The highest BCUT2D eigenvalue weighted by Gasteiger charge is 2.27. The zero-order chi connectivity index (χ0) is 44.7. The zero-order valence-electron chi connectivity index (χ0n) is 38.0. The van der Waals surface area contributed by atoms with Crippen molar-refractivity contribution in [1.82, 2.24) is 0 Å². The van der Waals surface area contributed by atoms with Crippen LogP contribution in [0.2, 0.25) is 0 Å². The highest BCUT2D eigenvalue weighted by molar-refractivity contribution is 7.27. The van der Waals surface area contributed by atoms with Crippen LogP contribution < -0.4 is 18.1 Å². The van der Waals surface area contributed by atoms with E-state index >= 15 is 0 Å². The van der Waals surface area contributed by atoms with Gasteiger partial charge in [0.25, 0.3) is 18.1 Å². The molecular formula is C56H56O7P2. The topological polar surface area (TPSA) is 94.7 Å². The van der Waals surface area contributed by atoms with Gasteiger partial charge < -0.3 is 28.3 Å². The van der Waals surface area contributed by atoms with E-state index in [0.29, 0.717) is 17.1 Å². The summed E-state index contributed by atoms with van der Waals surface area (Å²) in [6.45, 7) is 14.9. The number of ether oxygens (including phenoxy) is 1. The number of carbonyl (C=O) groups is 1. The molecule has 0 aliphatic rings. The molecule has 0 aliphatic carbocycles. The number of hydrogen-bond acceptors (Lipinski definition) is 6. The van der Waals surface area contributed by atoms with Crippen LogP contribution in [0.25, 0.3) is 32.7 Å². The third-order valence-electron chi connectivity index (χ3n) is 11.5. The molecule has 0 heterocycles. The van der Waals surface area contributed by atoms with Gasteiger partial charge in [0.1, 0.15) is 35.2 Å². The third kappa shape index (κ3) is 11.0. The molecule has 0 amide bonds. The van der Waals surface area contributed by atoms with Crippen molar-refractivity contribution in [2.24, 2.45) is 0 Å². The Morgan fingerprint density at radius 1 is 0.492 bits per heavy atom. The van der Waals surface area contributed by atoms with E-state index in [4.69, 9.17) is 22.8 Å². The summed E-state index contributed by atoms with van der Waals surface area (Å²) in [5.74, 6) is 2.47. The molecule has 2 unspecified atom stereocenters. The molecule has 7 nitrogen and oxygen atoms in total. The van der Waals surface area contributed by atoms with E-state index in [0.717, 1.165) is 72.8 Å². The summed E-state index contributed by atoms with van der Waals surface area (Å²) in [6, 6.07) is 51.4. The largest absolute Gasteiger partial charge is 0.457 e. The fraction of sp³-hybridized carbons (Fsp3) is 0.196. The summed E-state index contributed by atoms with van der Waals surface area (Å²) >= 11 is 0. The van der Waals surface area contributed by atoms with E-state index < -0.39 is 15.0 Å². The standard InChI is InChI=1S/C56H54O6P2.H2O/c1-35(2)45-27-18-38(6)30-51(45)60-63-59-50-29-26-43-12-8-10-14-47(43)53(50)54-48-15-11-9-13-44(48)33-49(55(54)62-64-61-52-31-39(7)19-28-46(52)36(3)4)56(57)58-34-42-24-22-41(23-25-42)32-40-20-16-37(5)17-21-40;/h8-31,33,35-36,63-64H,32,34H2,1-7H3;1H2. The molecule has 0 radical (unpaired) electrons. The lowest BCUT2D eigenvalue weighted by atomic mass is 9.90. The fourth-order valence-electron chi connectivity index (χ4n) is 7.98. The van der Waals surface area contributed by atoms with Gasteiger partial charge in [0.2, 0.25) is 0 Å². The van der Waals surface area contributed by atoms with Crippen LogP contribution in [0.4, 0.5) is 0 Å². The molecule has 8 aromatic rings. The average Bonchev–Trinajstić information content (AvgIpc) is 3.29. The first-order valence-corrected chi connectivity index (χ1v) is 23.4. The molecule has 0 aliphatic heterocycles. The van der Waals surface area contributed by atoms with Crippen LogP contribution >= 0.6 is 18.1 Å². The van der Waals surface area contributed by atoms with E-state index in [1.807, 2.05) is 73.7 Å². The quantitative estimate of drug-likeness (QED) is 0.0708. The van der Waals surface area contributed by atoms with Crippen molar-refractivity contribution < 1.29 is 33.1 Å². The number of fused-ring (bicyclic) bond motifs is 2. The Morgan fingerprint density at radius 2 is 0.985 bits per heavy atom. The maximum Gasteiger partial charge on any atom is 0.342 e. The van der Waals surface area contributed by atoms with Crippen LogP contribution in [0, 0.1) is 20.8 Å². The molecule has 2 atom stereocenters. The van der Waals surface area contributed by atoms with Gasteiger partial charge in [0.15, 0.2) is 0 Å². The van der Waals surface area contributed by atoms with Gasteiger partial charge in [-0.3, -0.25) is 0 Å². The molecule has 65 heavy (non-hydrogen) atoms. The molecule has 0 bridgehead atoms. The lowest BCUT2D eigenvalue weighted by Crippen LogP contribution is -2.08. The number of benzene rings is 8. The van der Waals surface area contributed by atoms with Crippen LogP contribution in [0.1, 0.15) is 94.4 Å². The Balaban J connectivity index is 0.00000630. The van der Waals surface area contributed by atoms with Gasteiger partial charge in [0.05, 0.1) is 0 Å². The van der Waals surface area contributed by atoms with Gasteiger partial charge in [-0.05, 0) is 124 Å². The van der Waals surface area contributed by atoms with Gasteiger partial charge in [-0.15, -0.1) is 0 Å². The minimum atomic E-state index is -0.512. The molecule has 0 fully saturated rings. The third-order valence-corrected chi connectivity index (χ3v) is 12.7. The second kappa shape index (κ2) is 21.2. The maximum absolute atomic E-state index is 14.6. The maximum atomic E-state index is 14.6. The highest BCUT2D eigenvalue weighted by atomic mass is 31.1. The smallest absolute Gasteiger partial charge is 0.342 e. The molecule has 0 saturated carbocycles. The van der Waals surface area contributed by atoms with Crippen LogP contribution in [-0.2, 0) is 17.8 Å². The Labute approximate surface area is 386 Å². The second-order valence-electron chi connectivity index (χ2n) is 17.0. The zero-order valence-corrected chi connectivity index (χ0v) is 40.0. The molecule has 0 spiro atoms. The van der Waals surface area contributed by atoms with E-state index in [-0.39, 0.29) is 38.5 Å². The minimum Gasteiger partial charge on any atom is -0.457 e. The van der Waals surface area contributed by atoms with E-state index in [1.165, 1.54) is 16.7 Å². The van der Waals surface area contributed by atoms with E-state index in [9.17, 15) is 4.79 Å². The monoisotopic (exact) mass is 902 g/mol. The molecule has 0 saturated heterocycles. The molecule has 0 aromatic heterocycles. The first-order valence-electron chi connectivity index (χ1n) is 21.8. The van der Waals surface area contributed by atoms with Gasteiger partial charge in [-0.25, -0.2) is 4.79 Å². The Morgan fingerprint density at radius 3 is 1.58 bits per heavy atom. The number of carbonyl (C=O) groups excluding carboxylic acids is 1. The Kier molecular flexibility index (Phi) is 15.2. The molecule has 9 heteroatoms. The summed E-state index contributed by atoms with van der Waals surface area (Å²) in [5.41, 5.74) is 10.7. The van der Waals surface area contributed by atoms with Crippen molar-refractivity contribution in [3.8, 4) is 34.1 Å². The van der Waals surface area contributed by atoms with Crippen LogP contribution in [0.15, 0.2) is 152 Å². The average molecular weight is 903 g/mol. The normalized spacial score (nSPS) is 11.5. The molecule has 8 rings (SSSR count). The lowest BCUT2D eigenvalue weighted by molar-refractivity contribution is 0.0471. The highest BCUT2D eigenvalue weighted by Crippen LogP contribution is 2.50. The van der Waals surface area contributed by atoms with Crippen molar-refractivity contribution in [3.05, 3.63) is 202 Å². The van der Waals surface area contributed by atoms with Crippen molar-refractivity contribution in [1.29, 1.82) is 0 Å². The minimum absolute atomic E-state index is 0. The molecule has 2 N–H and O–H groups in total. The van der Waals surface area contributed by atoms with Gasteiger partial charge in [0, 0.05) is 11.1 Å². The van der Waals surface area contributed by atoms with Gasteiger partial charge in [-0.1, -0.05) is 161 Å². The van der Waals surface area contributed by atoms with Crippen molar-refractivity contribution in [3.63, 3.8) is 0 Å². The summed E-state index contributed by atoms with van der Waals surface area (Å²) in [7, 11) is -0.840. The van der Waals surface area contributed by atoms with Crippen LogP contribution in [0.5, 0.6) is 23.0 Å². The summed E-state index contributed by atoms with van der Waals surface area (Å²) in [6.07, 6.45) is 0.822. The first-order chi connectivity index (χ1) is 31.0. The molecule has 8 aromatic carbocycles. The van der Waals surface area contributed by atoms with Gasteiger partial charge >= 0.3 is 5.97 Å². The fourth-order valence-corrected chi connectivity index (χ4v) is 9.15. The van der Waals surface area contributed by atoms with Gasteiger partial charge in [-0.2, -0.15) is 0 Å². The summed E-state index contributed by atoms with van der Waals surface area (Å²) in [4.78, 5) is 14.6. The van der Waals surface area contributed by atoms with Crippen molar-refractivity contribution in [2.45, 2.75) is 73.3 Å². The van der Waals surface area contributed by atoms with Crippen molar-refractivity contribution in [2.75, 3.05) is 0 Å². The number of esters is 1. The van der Waals surface area contributed by atoms with E-state index in [2.05, 4.69) is 126 Å². The summed E-state index contributed by atoms with van der Waals surface area (Å²) < 4.78 is 32.6. The number of rotatable bonds is 16. The Hall–Kier alpha value is -6.23.